The number of hydrogen-bond acceptors (Lipinski definition) is 12. The van der Waals surface area contributed by atoms with Crippen LogP contribution in [0.3, 0.4) is 0 Å². The van der Waals surface area contributed by atoms with Crippen molar-refractivity contribution in [2.24, 2.45) is 5.92 Å². The Morgan fingerprint density at radius 1 is 0.911 bits per heavy atom. The molecule has 0 unspecified atom stereocenters. The molecule has 2 aromatic rings. The lowest BCUT2D eigenvalue weighted by atomic mass is 9.74. The van der Waals surface area contributed by atoms with Gasteiger partial charge in [-0.05, 0) is 43.2 Å². The first kappa shape index (κ1) is 34.5. The minimum atomic E-state index is -3.27. The third-order valence-corrected chi connectivity index (χ3v) is 8.61. The average molecular weight is 631 g/mol. The van der Waals surface area contributed by atoms with E-state index in [1.165, 1.54) is 6.92 Å². The number of methoxy groups -OCH3 is 2. The van der Waals surface area contributed by atoms with Gasteiger partial charge >= 0.3 is 17.9 Å². The highest BCUT2D eigenvalue weighted by Crippen LogP contribution is 2.55. The summed E-state index contributed by atoms with van der Waals surface area (Å²) in [5, 5.41) is 34.4. The van der Waals surface area contributed by atoms with Gasteiger partial charge in [-0.25, -0.2) is 14.4 Å². The Hall–Kier alpha value is -3.39. The molecule has 2 aliphatic heterocycles. The minimum absolute atomic E-state index is 0.0479. The van der Waals surface area contributed by atoms with Crippen molar-refractivity contribution >= 4 is 17.9 Å². The largest absolute Gasteiger partial charge is 0.467 e. The van der Waals surface area contributed by atoms with Crippen molar-refractivity contribution in [2.45, 2.75) is 87.5 Å². The smallest absolute Gasteiger partial charge is 0.345 e. The first-order valence-electron chi connectivity index (χ1n) is 15.0. The van der Waals surface area contributed by atoms with E-state index in [0.29, 0.717) is 13.0 Å². The summed E-state index contributed by atoms with van der Waals surface area (Å²) in [6.45, 7) is 3.64. The molecule has 8 atom stereocenters. The number of carbonyl (C=O) groups excluding carboxylic acids is 3. The SMILES string of the molecule is CCOC(=O)[C@]12O[C@](CCC[C@@H](OCc3ccccc3)[C@H](C)Cc3ccccc3)(O[C@H](C(=O)OC)[C@@]1(O)C(=O)OC)[C@H](O)[C@H]2O. The van der Waals surface area contributed by atoms with Crippen LogP contribution in [0.15, 0.2) is 60.7 Å². The monoisotopic (exact) mass is 630 g/mol. The molecule has 2 bridgehead atoms. The van der Waals surface area contributed by atoms with E-state index >= 15 is 0 Å². The van der Waals surface area contributed by atoms with Crippen LogP contribution < -0.4 is 0 Å². The Bertz CT molecular complexity index is 1310. The predicted octanol–water partition coefficient (Wildman–Crippen LogP) is 1.85. The van der Waals surface area contributed by atoms with E-state index in [0.717, 1.165) is 31.8 Å². The normalized spacial score (nSPS) is 30.2. The third-order valence-electron chi connectivity index (χ3n) is 8.61. The van der Waals surface area contributed by atoms with Crippen LogP contribution in [0.1, 0.15) is 44.2 Å². The Labute approximate surface area is 262 Å². The van der Waals surface area contributed by atoms with Crippen molar-refractivity contribution in [3.63, 3.8) is 0 Å². The summed E-state index contributed by atoms with van der Waals surface area (Å²) in [4.78, 5) is 39.4. The zero-order valence-corrected chi connectivity index (χ0v) is 25.9. The lowest BCUT2D eigenvalue weighted by Gasteiger charge is -2.49. The maximum absolute atomic E-state index is 13.4. The van der Waals surface area contributed by atoms with Gasteiger partial charge in [-0.2, -0.15) is 0 Å². The van der Waals surface area contributed by atoms with Crippen LogP contribution in [-0.2, 0) is 55.8 Å². The summed E-state index contributed by atoms with van der Waals surface area (Å²) in [6, 6.07) is 19.6. The molecule has 2 fully saturated rings. The van der Waals surface area contributed by atoms with Gasteiger partial charge in [0.2, 0.25) is 17.3 Å². The van der Waals surface area contributed by atoms with Gasteiger partial charge in [-0.1, -0.05) is 67.6 Å². The van der Waals surface area contributed by atoms with E-state index in [-0.39, 0.29) is 31.5 Å². The molecule has 0 spiro atoms. The molecule has 2 saturated heterocycles. The molecule has 45 heavy (non-hydrogen) atoms. The summed E-state index contributed by atoms with van der Waals surface area (Å²) < 4.78 is 32.8. The molecular formula is C33H42O12. The highest BCUT2D eigenvalue weighted by atomic mass is 16.8. The fourth-order valence-corrected chi connectivity index (χ4v) is 6.26. The van der Waals surface area contributed by atoms with Crippen LogP contribution in [-0.4, -0.2) is 95.5 Å². The Morgan fingerprint density at radius 2 is 1.53 bits per heavy atom. The second-order valence-corrected chi connectivity index (χ2v) is 11.4. The topological polar surface area (TPSA) is 167 Å². The third kappa shape index (κ3) is 6.35. The molecule has 12 nitrogen and oxygen atoms in total. The number of aliphatic hydroxyl groups is 3. The van der Waals surface area contributed by atoms with Crippen LogP contribution in [0.25, 0.3) is 0 Å². The van der Waals surface area contributed by atoms with Crippen LogP contribution >= 0.6 is 0 Å². The summed E-state index contributed by atoms with van der Waals surface area (Å²) >= 11 is 0. The molecule has 0 saturated carbocycles. The highest BCUT2D eigenvalue weighted by Gasteiger charge is 2.85. The molecule has 0 aromatic heterocycles. The van der Waals surface area contributed by atoms with Crippen molar-refractivity contribution < 1.29 is 58.1 Å². The first-order valence-corrected chi connectivity index (χ1v) is 15.0. The van der Waals surface area contributed by atoms with Crippen molar-refractivity contribution in [3.8, 4) is 0 Å². The van der Waals surface area contributed by atoms with Crippen LogP contribution in [0.2, 0.25) is 0 Å². The van der Waals surface area contributed by atoms with Gasteiger partial charge in [0, 0.05) is 6.42 Å². The number of aliphatic hydroxyl groups excluding tert-OH is 2. The van der Waals surface area contributed by atoms with E-state index in [2.05, 4.69) is 6.92 Å². The fraction of sp³-hybridized carbons (Fsp3) is 0.545. The van der Waals surface area contributed by atoms with E-state index in [4.69, 9.17) is 28.4 Å². The summed E-state index contributed by atoms with van der Waals surface area (Å²) in [5.41, 5.74) is -4.13. The molecule has 2 heterocycles. The average Bonchev–Trinajstić information content (AvgIpc) is 3.25. The lowest BCUT2D eigenvalue weighted by molar-refractivity contribution is -0.375. The molecule has 2 aromatic carbocycles. The van der Waals surface area contributed by atoms with Crippen molar-refractivity contribution in [3.05, 3.63) is 71.8 Å². The van der Waals surface area contributed by atoms with Gasteiger partial charge < -0.3 is 43.7 Å². The second-order valence-electron chi connectivity index (χ2n) is 11.4. The van der Waals surface area contributed by atoms with E-state index in [9.17, 15) is 29.7 Å². The van der Waals surface area contributed by atoms with Crippen LogP contribution in [0, 0.1) is 5.92 Å². The molecule has 246 valence electrons. The van der Waals surface area contributed by atoms with Gasteiger partial charge in [0.05, 0.1) is 33.5 Å². The van der Waals surface area contributed by atoms with E-state index < -0.39 is 53.2 Å². The summed E-state index contributed by atoms with van der Waals surface area (Å²) in [7, 11) is 1.89. The summed E-state index contributed by atoms with van der Waals surface area (Å²) in [5.74, 6) is -6.34. The highest BCUT2D eigenvalue weighted by molar-refractivity contribution is 5.99. The maximum Gasteiger partial charge on any atom is 0.345 e. The zero-order chi connectivity index (χ0) is 32.8. The zero-order valence-electron chi connectivity index (χ0n) is 25.9. The number of ether oxygens (including phenoxy) is 6. The van der Waals surface area contributed by atoms with Gasteiger partial charge in [0.15, 0.2) is 5.79 Å². The van der Waals surface area contributed by atoms with Gasteiger partial charge in [-0.3, -0.25) is 0 Å². The Morgan fingerprint density at radius 3 is 2.11 bits per heavy atom. The molecule has 0 amide bonds. The van der Waals surface area contributed by atoms with Crippen molar-refractivity contribution in [1.82, 2.24) is 0 Å². The number of hydrogen-bond donors (Lipinski definition) is 3. The number of rotatable bonds is 14. The van der Waals surface area contributed by atoms with Crippen LogP contribution in [0.4, 0.5) is 0 Å². The summed E-state index contributed by atoms with van der Waals surface area (Å²) in [6.07, 6.45) is -5.51. The second kappa shape index (κ2) is 14.4. The molecule has 0 aliphatic carbocycles. The standard InChI is InChI=1S/C33H42O12/c1-5-42-30(38)33-26(35)25(34)31(45-33,44-27(28(36)40-3)32(33,39)29(37)41-4)18-12-17-24(43-20-23-15-10-7-11-16-23)21(2)19-22-13-8-6-9-14-22/h6-11,13-16,21,24-27,34-35,39H,5,12,17-20H2,1-4H3/t21-,24-,25-,26-,27-,31+,32-,33+/m1/s1. The first-order chi connectivity index (χ1) is 21.5. The molecule has 2 aliphatic rings. The van der Waals surface area contributed by atoms with Gasteiger partial charge in [-0.15, -0.1) is 0 Å². The quantitative estimate of drug-likeness (QED) is 0.205. The van der Waals surface area contributed by atoms with Crippen LogP contribution in [0.5, 0.6) is 0 Å². The van der Waals surface area contributed by atoms with E-state index in [1.54, 1.807) is 0 Å². The molecule has 4 rings (SSSR count). The number of carbonyl (C=O) groups is 3. The van der Waals surface area contributed by atoms with Gasteiger partial charge in [0.1, 0.15) is 12.2 Å². The number of esters is 3. The molecule has 12 heteroatoms. The minimum Gasteiger partial charge on any atom is -0.467 e. The van der Waals surface area contributed by atoms with Crippen molar-refractivity contribution in [2.75, 3.05) is 20.8 Å². The fourth-order valence-electron chi connectivity index (χ4n) is 6.26. The predicted molar refractivity (Wildman–Crippen MR) is 157 cm³/mol. The number of benzene rings is 2. The van der Waals surface area contributed by atoms with Gasteiger partial charge in [0.25, 0.3) is 0 Å². The molecule has 0 radical (unpaired) electrons. The Kier molecular flexibility index (Phi) is 11.0. The van der Waals surface area contributed by atoms with E-state index in [1.807, 2.05) is 60.7 Å². The number of fused-ring (bicyclic) bond motifs is 2. The maximum atomic E-state index is 13.4. The molecular weight excluding hydrogens is 588 g/mol. The molecule has 3 N–H and O–H groups in total. The Balaban J connectivity index is 1.63. The van der Waals surface area contributed by atoms with Crippen molar-refractivity contribution in [1.29, 1.82) is 0 Å². The lowest BCUT2D eigenvalue weighted by Crippen LogP contribution is -2.78.